The lowest BCUT2D eigenvalue weighted by Crippen LogP contribution is -2.43. The molecule has 8 heteroatoms. The summed E-state index contributed by atoms with van der Waals surface area (Å²) in [5.74, 6) is 1.32. The molecule has 0 radical (unpaired) electrons. The Bertz CT molecular complexity index is 1370. The quantitative estimate of drug-likeness (QED) is 0.225. The van der Waals surface area contributed by atoms with Crippen molar-refractivity contribution >= 4 is 50.3 Å². The summed E-state index contributed by atoms with van der Waals surface area (Å²) in [7, 11) is 0. The van der Waals surface area contributed by atoms with Gasteiger partial charge in [-0.05, 0) is 41.4 Å². The second-order valence-corrected chi connectivity index (χ2v) is 9.79. The first-order chi connectivity index (χ1) is 16.2. The number of benzene rings is 3. The molecule has 0 bridgehead atoms. The van der Waals surface area contributed by atoms with E-state index in [1.54, 1.807) is 23.9 Å². The molecule has 6 rings (SSSR count). The number of para-hydroxylation sites is 1. The molecule has 0 spiro atoms. The van der Waals surface area contributed by atoms with Gasteiger partial charge in [0.2, 0.25) is 0 Å². The number of nitrogens with zero attached hydrogens (tertiary/aromatic N) is 4. The monoisotopic (exact) mass is 519 g/mol. The molecule has 6 nitrogen and oxygen atoms in total. The van der Waals surface area contributed by atoms with Crippen molar-refractivity contribution in [2.45, 2.75) is 17.6 Å². The van der Waals surface area contributed by atoms with E-state index in [4.69, 9.17) is 5.10 Å². The first kappa shape index (κ1) is 20.6. The number of rotatable bonds is 5. The van der Waals surface area contributed by atoms with Gasteiger partial charge in [0.05, 0.1) is 6.42 Å². The molecule has 2 aliphatic heterocycles. The normalized spacial score (nSPS) is 17.1. The van der Waals surface area contributed by atoms with E-state index < -0.39 is 0 Å². The van der Waals surface area contributed by atoms with Crippen molar-refractivity contribution in [3.8, 4) is 5.69 Å². The van der Waals surface area contributed by atoms with E-state index in [0.717, 1.165) is 38.5 Å². The number of alkyl halides is 1. The Hall–Kier alpha value is -2.97. The Morgan fingerprint density at radius 2 is 1.67 bits per heavy atom. The van der Waals surface area contributed by atoms with Gasteiger partial charge >= 0.3 is 5.16 Å². The van der Waals surface area contributed by atoms with Gasteiger partial charge in [0, 0.05) is 39.2 Å². The molecular weight excluding hydrogens is 500 g/mol. The van der Waals surface area contributed by atoms with Crippen LogP contribution in [0, 0.1) is 0 Å². The zero-order valence-electron chi connectivity index (χ0n) is 17.6. The summed E-state index contributed by atoms with van der Waals surface area (Å²) in [5.41, 5.74) is 2.20. The molecule has 2 amide bonds. The molecule has 0 unspecified atom stereocenters. The summed E-state index contributed by atoms with van der Waals surface area (Å²) in [6, 6.07) is 21.6. The SMILES string of the molecule is O=C1c2cccc3cccc(c23)C(=O)N1CCc1nn2c([n+]1-c1ccccc1)SC[C@@H]2CBr. The summed E-state index contributed by atoms with van der Waals surface area (Å²) in [6.45, 7) is 0.273. The van der Waals surface area contributed by atoms with E-state index >= 15 is 0 Å². The zero-order valence-corrected chi connectivity index (χ0v) is 20.1. The third kappa shape index (κ3) is 3.23. The highest BCUT2D eigenvalue weighted by Crippen LogP contribution is 2.33. The molecule has 1 aromatic heterocycles. The van der Waals surface area contributed by atoms with Crippen LogP contribution in [-0.2, 0) is 6.42 Å². The van der Waals surface area contributed by atoms with Crippen LogP contribution in [0.25, 0.3) is 16.5 Å². The highest BCUT2D eigenvalue weighted by molar-refractivity contribution is 9.09. The Balaban J connectivity index is 1.36. The Labute approximate surface area is 203 Å². The van der Waals surface area contributed by atoms with Gasteiger partial charge in [-0.2, -0.15) is 4.57 Å². The average molecular weight is 520 g/mol. The molecule has 0 saturated carbocycles. The minimum atomic E-state index is -0.241. The van der Waals surface area contributed by atoms with E-state index in [2.05, 4.69) is 37.3 Å². The average Bonchev–Trinajstić information content (AvgIpc) is 3.41. The smallest absolute Gasteiger partial charge is 0.274 e. The lowest BCUT2D eigenvalue weighted by molar-refractivity contribution is -0.645. The van der Waals surface area contributed by atoms with Crippen LogP contribution < -0.4 is 4.57 Å². The van der Waals surface area contributed by atoms with Crippen LogP contribution in [0.1, 0.15) is 32.6 Å². The molecule has 0 fully saturated rings. The lowest BCUT2D eigenvalue weighted by Gasteiger charge is -2.26. The van der Waals surface area contributed by atoms with Gasteiger partial charge in [0.25, 0.3) is 17.6 Å². The third-order valence-electron chi connectivity index (χ3n) is 6.23. The molecule has 3 heterocycles. The van der Waals surface area contributed by atoms with E-state index in [9.17, 15) is 9.59 Å². The second kappa shape index (κ2) is 8.11. The van der Waals surface area contributed by atoms with E-state index in [1.807, 2.05) is 42.5 Å². The predicted octanol–water partition coefficient (Wildman–Crippen LogP) is 4.19. The fraction of sp³-hybridized carbons (Fsp3) is 0.200. The Kier molecular flexibility index (Phi) is 5.07. The summed E-state index contributed by atoms with van der Waals surface area (Å²) >= 11 is 5.38. The second-order valence-electron chi connectivity index (χ2n) is 8.15. The topological polar surface area (TPSA) is 59.1 Å². The molecule has 0 saturated heterocycles. The van der Waals surface area contributed by atoms with Gasteiger partial charge in [0.15, 0.2) is 0 Å². The van der Waals surface area contributed by atoms with Gasteiger partial charge in [0.1, 0.15) is 11.7 Å². The first-order valence-corrected chi connectivity index (χ1v) is 12.9. The van der Waals surface area contributed by atoms with Gasteiger partial charge in [-0.3, -0.25) is 14.5 Å². The van der Waals surface area contributed by atoms with Gasteiger partial charge in [-0.25, -0.2) is 0 Å². The Morgan fingerprint density at radius 1 is 0.970 bits per heavy atom. The number of fused-ring (bicyclic) bond motifs is 1. The van der Waals surface area contributed by atoms with Crippen molar-refractivity contribution in [1.29, 1.82) is 0 Å². The molecule has 33 heavy (non-hydrogen) atoms. The van der Waals surface area contributed by atoms with E-state index in [0.29, 0.717) is 17.5 Å². The maximum atomic E-state index is 13.3. The molecular formula is C25H20BrN4O2S+. The summed E-state index contributed by atoms with van der Waals surface area (Å²) in [6.07, 6.45) is 0.472. The first-order valence-electron chi connectivity index (χ1n) is 10.8. The minimum absolute atomic E-state index is 0.241. The van der Waals surface area contributed by atoms with Crippen LogP contribution in [0.5, 0.6) is 0 Å². The van der Waals surface area contributed by atoms with Crippen molar-refractivity contribution in [1.82, 2.24) is 14.7 Å². The molecule has 164 valence electrons. The van der Waals surface area contributed by atoms with Crippen molar-refractivity contribution in [2.24, 2.45) is 0 Å². The van der Waals surface area contributed by atoms with Crippen molar-refractivity contribution < 1.29 is 14.2 Å². The highest BCUT2D eigenvalue weighted by atomic mass is 79.9. The summed E-state index contributed by atoms with van der Waals surface area (Å²) in [4.78, 5) is 27.9. The number of hydrogen-bond acceptors (Lipinski definition) is 4. The molecule has 0 N–H and O–H groups in total. The van der Waals surface area contributed by atoms with Gasteiger partial charge in [-0.15, -0.1) is 0 Å². The van der Waals surface area contributed by atoms with Crippen LogP contribution in [-0.4, -0.2) is 44.1 Å². The lowest BCUT2D eigenvalue weighted by atomic mass is 9.94. The van der Waals surface area contributed by atoms with Crippen LogP contribution in [0.4, 0.5) is 0 Å². The van der Waals surface area contributed by atoms with Crippen molar-refractivity contribution in [2.75, 3.05) is 17.6 Å². The van der Waals surface area contributed by atoms with Gasteiger partial charge < -0.3 is 0 Å². The largest absolute Gasteiger partial charge is 0.301 e. The summed E-state index contributed by atoms with van der Waals surface area (Å²) in [5, 5.41) is 8.48. The fourth-order valence-corrected chi connectivity index (χ4v) is 6.71. The Morgan fingerprint density at radius 3 is 2.33 bits per heavy atom. The number of hydrogen-bond donors (Lipinski definition) is 0. The number of aromatic nitrogens is 3. The number of thioether (sulfide) groups is 1. The number of carbonyl (C=O) groups excluding carboxylic acids is 2. The molecule has 2 aliphatic rings. The number of imide groups is 1. The molecule has 3 aromatic carbocycles. The maximum absolute atomic E-state index is 13.3. The van der Waals surface area contributed by atoms with Crippen molar-refractivity contribution in [3.63, 3.8) is 0 Å². The minimum Gasteiger partial charge on any atom is -0.274 e. The van der Waals surface area contributed by atoms with E-state index in [-0.39, 0.29) is 24.4 Å². The van der Waals surface area contributed by atoms with Crippen molar-refractivity contribution in [3.05, 3.63) is 83.7 Å². The third-order valence-corrected chi connectivity index (χ3v) is 8.15. The summed E-state index contributed by atoms with van der Waals surface area (Å²) < 4.78 is 4.22. The van der Waals surface area contributed by atoms with Crippen LogP contribution in [0.2, 0.25) is 0 Å². The number of amides is 2. The van der Waals surface area contributed by atoms with Crippen LogP contribution in [0.15, 0.2) is 71.9 Å². The zero-order chi connectivity index (χ0) is 22.5. The number of halogens is 1. The predicted molar refractivity (Wildman–Crippen MR) is 130 cm³/mol. The van der Waals surface area contributed by atoms with E-state index in [1.165, 1.54) is 4.90 Å². The fourth-order valence-electron chi connectivity index (χ4n) is 4.64. The standard InChI is InChI=1S/C25H20BrN4O2S/c26-14-18-15-33-25-29(17-8-2-1-3-9-17)21(27-30(18)25)12-13-28-23(31)19-10-4-6-16-7-5-11-20(22(16)19)24(28)32/h1-11,18H,12-15H2/q+1/t18-/m0/s1. The molecule has 4 aromatic rings. The van der Waals surface area contributed by atoms with Crippen LogP contribution >= 0.6 is 27.7 Å². The number of carbonyl (C=O) groups is 2. The van der Waals surface area contributed by atoms with Crippen LogP contribution in [0.3, 0.4) is 0 Å². The molecule has 1 atom stereocenters. The maximum Gasteiger partial charge on any atom is 0.301 e. The van der Waals surface area contributed by atoms with Gasteiger partial charge in [-0.1, -0.05) is 63.1 Å². The highest BCUT2D eigenvalue weighted by Gasteiger charge is 2.39. The molecule has 0 aliphatic carbocycles.